The second-order valence-corrected chi connectivity index (χ2v) is 4.11. The maximum Gasteiger partial charge on any atom is 0.223 e. The van der Waals surface area contributed by atoms with E-state index >= 15 is 0 Å². The first-order valence-electron chi connectivity index (χ1n) is 6.60. The zero-order valence-electron chi connectivity index (χ0n) is 11.5. The Morgan fingerprint density at radius 1 is 1.22 bits per heavy atom. The lowest BCUT2D eigenvalue weighted by molar-refractivity contribution is -0.130. The van der Waals surface area contributed by atoms with Gasteiger partial charge < -0.3 is 21.2 Å². The summed E-state index contributed by atoms with van der Waals surface area (Å²) in [4.78, 5) is 13.5. The quantitative estimate of drug-likeness (QED) is 0.177. The van der Waals surface area contributed by atoms with Crippen molar-refractivity contribution in [2.24, 2.45) is 10.9 Å². The SMILES string of the molecule is CCN(CC)C(=O)CCNCCCCC(N)=NO. The smallest absolute Gasteiger partial charge is 0.223 e. The lowest BCUT2D eigenvalue weighted by Gasteiger charge is -2.18. The van der Waals surface area contributed by atoms with E-state index in [9.17, 15) is 4.79 Å². The van der Waals surface area contributed by atoms with Crippen molar-refractivity contribution in [3.8, 4) is 0 Å². The minimum atomic E-state index is 0.198. The van der Waals surface area contributed by atoms with E-state index < -0.39 is 0 Å². The highest BCUT2D eigenvalue weighted by Gasteiger charge is 2.07. The van der Waals surface area contributed by atoms with Gasteiger partial charge in [0.25, 0.3) is 0 Å². The first-order valence-corrected chi connectivity index (χ1v) is 6.60. The molecule has 0 bridgehead atoms. The number of carbonyl (C=O) groups is 1. The Hall–Kier alpha value is -1.30. The summed E-state index contributed by atoms with van der Waals surface area (Å²) in [5.41, 5.74) is 5.35. The fraction of sp³-hybridized carbons (Fsp3) is 0.833. The van der Waals surface area contributed by atoms with Gasteiger partial charge in [-0.2, -0.15) is 0 Å². The molecule has 6 nitrogen and oxygen atoms in total. The molecule has 0 aromatic carbocycles. The summed E-state index contributed by atoms with van der Waals surface area (Å²) in [5.74, 6) is 0.468. The van der Waals surface area contributed by atoms with Crippen molar-refractivity contribution in [2.75, 3.05) is 26.2 Å². The molecule has 0 rings (SSSR count). The Morgan fingerprint density at radius 2 is 1.89 bits per heavy atom. The van der Waals surface area contributed by atoms with Gasteiger partial charge in [-0.15, -0.1) is 0 Å². The third-order valence-electron chi connectivity index (χ3n) is 2.80. The van der Waals surface area contributed by atoms with E-state index in [4.69, 9.17) is 10.9 Å². The van der Waals surface area contributed by atoms with Crippen LogP contribution in [-0.4, -0.2) is 48.0 Å². The Bertz CT molecular complexity index is 252. The van der Waals surface area contributed by atoms with Crippen molar-refractivity contribution in [2.45, 2.75) is 39.5 Å². The number of amides is 1. The number of nitrogens with two attached hydrogens (primary N) is 1. The molecule has 0 aliphatic carbocycles. The van der Waals surface area contributed by atoms with Gasteiger partial charge in [0.1, 0.15) is 5.84 Å². The second-order valence-electron chi connectivity index (χ2n) is 4.11. The highest BCUT2D eigenvalue weighted by molar-refractivity contribution is 5.79. The van der Waals surface area contributed by atoms with Gasteiger partial charge in [-0.3, -0.25) is 4.79 Å². The van der Waals surface area contributed by atoms with Crippen LogP contribution < -0.4 is 11.1 Å². The average Bonchev–Trinajstić information content (AvgIpc) is 2.38. The van der Waals surface area contributed by atoms with Crippen LogP contribution in [0.3, 0.4) is 0 Å². The van der Waals surface area contributed by atoms with E-state index in [1.165, 1.54) is 0 Å². The van der Waals surface area contributed by atoms with Gasteiger partial charge in [-0.25, -0.2) is 0 Å². The van der Waals surface area contributed by atoms with Crippen LogP contribution in [0, 0.1) is 0 Å². The Kier molecular flexibility index (Phi) is 10.0. The third kappa shape index (κ3) is 7.89. The molecule has 0 saturated heterocycles. The van der Waals surface area contributed by atoms with Crippen LogP contribution in [0.5, 0.6) is 0 Å². The molecule has 0 heterocycles. The first kappa shape index (κ1) is 16.7. The van der Waals surface area contributed by atoms with Gasteiger partial charge in [0.15, 0.2) is 0 Å². The van der Waals surface area contributed by atoms with Crippen LogP contribution in [0.4, 0.5) is 0 Å². The van der Waals surface area contributed by atoms with E-state index in [-0.39, 0.29) is 11.7 Å². The number of unbranched alkanes of at least 4 members (excludes halogenated alkanes) is 1. The van der Waals surface area contributed by atoms with E-state index in [2.05, 4.69) is 10.5 Å². The standard InChI is InChI=1S/C12H26N4O2/c1-3-16(4-2)12(17)8-10-14-9-6-5-7-11(13)15-18/h14,18H,3-10H2,1-2H3,(H2,13,15). The number of nitrogens with zero attached hydrogens (tertiary/aromatic N) is 2. The molecule has 0 spiro atoms. The van der Waals surface area contributed by atoms with Gasteiger partial charge in [0, 0.05) is 32.5 Å². The molecule has 6 heteroatoms. The van der Waals surface area contributed by atoms with E-state index in [1.807, 2.05) is 18.7 Å². The fourth-order valence-electron chi connectivity index (χ4n) is 1.66. The summed E-state index contributed by atoms with van der Waals surface area (Å²) in [6.45, 7) is 7.08. The van der Waals surface area contributed by atoms with Crippen LogP contribution >= 0.6 is 0 Å². The Balaban J connectivity index is 3.43. The number of carbonyl (C=O) groups excluding carboxylic acids is 1. The van der Waals surface area contributed by atoms with Crippen LogP contribution in [0.15, 0.2) is 5.16 Å². The molecule has 1 amide bonds. The topological polar surface area (TPSA) is 91.0 Å². The third-order valence-corrected chi connectivity index (χ3v) is 2.80. The summed E-state index contributed by atoms with van der Waals surface area (Å²) < 4.78 is 0. The largest absolute Gasteiger partial charge is 0.409 e. The Morgan fingerprint density at radius 3 is 2.44 bits per heavy atom. The molecule has 0 unspecified atom stereocenters. The molecule has 0 atom stereocenters. The van der Waals surface area contributed by atoms with Crippen molar-refractivity contribution in [1.29, 1.82) is 0 Å². The van der Waals surface area contributed by atoms with Gasteiger partial charge in [-0.05, 0) is 33.2 Å². The molecule has 4 N–H and O–H groups in total. The maximum absolute atomic E-state index is 11.6. The lowest BCUT2D eigenvalue weighted by Crippen LogP contribution is -2.33. The number of amidine groups is 1. The van der Waals surface area contributed by atoms with Gasteiger partial charge in [-0.1, -0.05) is 5.16 Å². The number of hydrogen-bond acceptors (Lipinski definition) is 4. The molecular formula is C12H26N4O2. The fourth-order valence-corrected chi connectivity index (χ4v) is 1.66. The van der Waals surface area contributed by atoms with Crippen LogP contribution in [-0.2, 0) is 4.79 Å². The predicted molar refractivity (Wildman–Crippen MR) is 72.7 cm³/mol. The van der Waals surface area contributed by atoms with Crippen LogP contribution in [0.25, 0.3) is 0 Å². The second kappa shape index (κ2) is 10.8. The van der Waals surface area contributed by atoms with Crippen molar-refractivity contribution in [3.63, 3.8) is 0 Å². The highest BCUT2D eigenvalue weighted by atomic mass is 16.4. The normalized spacial score (nSPS) is 11.6. The van der Waals surface area contributed by atoms with E-state index in [1.54, 1.807) is 0 Å². The molecule has 0 aromatic rings. The van der Waals surface area contributed by atoms with Gasteiger partial charge in [0.05, 0.1) is 0 Å². The van der Waals surface area contributed by atoms with E-state index in [0.29, 0.717) is 19.4 Å². The van der Waals surface area contributed by atoms with Crippen molar-refractivity contribution < 1.29 is 10.0 Å². The minimum Gasteiger partial charge on any atom is -0.409 e. The zero-order valence-corrected chi connectivity index (χ0v) is 11.5. The average molecular weight is 258 g/mol. The lowest BCUT2D eigenvalue weighted by atomic mass is 10.2. The molecule has 0 radical (unpaired) electrons. The number of rotatable bonds is 10. The predicted octanol–water partition coefficient (Wildman–Crippen LogP) is 0.751. The summed E-state index contributed by atoms with van der Waals surface area (Å²) in [6.07, 6.45) is 2.99. The van der Waals surface area contributed by atoms with E-state index in [0.717, 1.165) is 32.5 Å². The van der Waals surface area contributed by atoms with Crippen molar-refractivity contribution >= 4 is 11.7 Å². The monoisotopic (exact) mass is 258 g/mol. The number of hydrogen-bond donors (Lipinski definition) is 3. The summed E-state index contributed by atoms with van der Waals surface area (Å²) >= 11 is 0. The first-order chi connectivity index (χ1) is 8.65. The molecule has 0 saturated carbocycles. The van der Waals surface area contributed by atoms with Crippen LogP contribution in [0.1, 0.15) is 39.5 Å². The molecule has 0 aliphatic rings. The molecule has 0 aliphatic heterocycles. The molecule has 18 heavy (non-hydrogen) atoms. The molecular weight excluding hydrogens is 232 g/mol. The van der Waals surface area contributed by atoms with Crippen LogP contribution in [0.2, 0.25) is 0 Å². The van der Waals surface area contributed by atoms with Crippen molar-refractivity contribution in [1.82, 2.24) is 10.2 Å². The maximum atomic E-state index is 11.6. The van der Waals surface area contributed by atoms with Gasteiger partial charge in [0.2, 0.25) is 5.91 Å². The summed E-state index contributed by atoms with van der Waals surface area (Å²) in [5, 5.41) is 14.5. The summed E-state index contributed by atoms with van der Waals surface area (Å²) in [7, 11) is 0. The summed E-state index contributed by atoms with van der Waals surface area (Å²) in [6, 6.07) is 0. The van der Waals surface area contributed by atoms with Crippen molar-refractivity contribution in [3.05, 3.63) is 0 Å². The minimum absolute atomic E-state index is 0.198. The van der Waals surface area contributed by atoms with Gasteiger partial charge >= 0.3 is 0 Å². The Labute approximate surface area is 109 Å². The molecule has 106 valence electrons. The molecule has 0 aromatic heterocycles. The highest BCUT2D eigenvalue weighted by Crippen LogP contribution is 1.95. The zero-order chi connectivity index (χ0) is 13.8. The molecule has 0 fully saturated rings. The number of nitrogens with one attached hydrogen (secondary N) is 1. The number of oxime groups is 1.